The molecule has 28 heavy (non-hydrogen) atoms. The first-order chi connectivity index (χ1) is 13.6. The van der Waals surface area contributed by atoms with Gasteiger partial charge in [-0.1, -0.05) is 38.1 Å². The molecule has 6 heteroatoms. The molecule has 2 heterocycles. The molecule has 3 rings (SSSR count). The van der Waals surface area contributed by atoms with Crippen LogP contribution in [0.1, 0.15) is 54.7 Å². The summed E-state index contributed by atoms with van der Waals surface area (Å²) in [6.07, 6.45) is 3.29. The van der Waals surface area contributed by atoms with Crippen molar-refractivity contribution in [2.45, 2.75) is 52.7 Å². The molecule has 150 valence electrons. The lowest BCUT2D eigenvalue weighted by Crippen LogP contribution is -2.33. The zero-order valence-electron chi connectivity index (χ0n) is 16.9. The molecule has 0 bridgehead atoms. The fourth-order valence-electron chi connectivity index (χ4n) is 3.55. The fourth-order valence-corrected chi connectivity index (χ4v) is 3.55. The number of aromatic nitrogens is 2. The second-order valence-corrected chi connectivity index (χ2v) is 7.69. The number of rotatable bonds is 7. The van der Waals surface area contributed by atoms with E-state index in [-0.39, 0.29) is 17.2 Å². The molecule has 0 unspecified atom stereocenters. The molecule has 1 aliphatic rings. The zero-order valence-corrected chi connectivity index (χ0v) is 16.9. The van der Waals surface area contributed by atoms with Crippen molar-refractivity contribution in [2.24, 2.45) is 5.92 Å². The number of hydrogen-bond donors (Lipinski definition) is 1. The minimum atomic E-state index is -0.258. The number of hydrogen-bond acceptors (Lipinski definition) is 4. The van der Waals surface area contributed by atoms with Gasteiger partial charge in [0, 0.05) is 25.7 Å². The topological polar surface area (TPSA) is 67.2 Å². The molecular weight excluding hydrogens is 352 g/mol. The third-order valence-corrected chi connectivity index (χ3v) is 5.36. The van der Waals surface area contributed by atoms with E-state index in [1.165, 1.54) is 35.2 Å². The first kappa shape index (κ1) is 20.3. The Morgan fingerprint density at radius 2 is 1.86 bits per heavy atom. The third-order valence-electron chi connectivity index (χ3n) is 5.36. The van der Waals surface area contributed by atoms with Crippen molar-refractivity contribution in [1.82, 2.24) is 20.0 Å². The predicted molar refractivity (Wildman–Crippen MR) is 110 cm³/mol. The monoisotopic (exact) mass is 382 g/mol. The van der Waals surface area contributed by atoms with E-state index < -0.39 is 0 Å². The number of carbonyl (C=O) groups excluding carboxylic acids is 1. The molecule has 1 saturated heterocycles. The molecule has 2 aromatic rings. The molecule has 0 aliphatic carbocycles. The summed E-state index contributed by atoms with van der Waals surface area (Å²) >= 11 is 0. The van der Waals surface area contributed by atoms with E-state index in [1.54, 1.807) is 0 Å². The van der Waals surface area contributed by atoms with Crippen molar-refractivity contribution >= 4 is 5.91 Å². The average molecular weight is 383 g/mol. The van der Waals surface area contributed by atoms with E-state index in [4.69, 9.17) is 0 Å². The largest absolute Gasteiger partial charge is 0.347 e. The van der Waals surface area contributed by atoms with Crippen LogP contribution in [0.2, 0.25) is 0 Å². The lowest BCUT2D eigenvalue weighted by molar-refractivity contribution is 0.0943. The number of nitrogens with zero attached hydrogens (tertiary/aromatic N) is 3. The lowest BCUT2D eigenvalue weighted by Gasteiger charge is -2.30. The Morgan fingerprint density at radius 3 is 2.57 bits per heavy atom. The van der Waals surface area contributed by atoms with Crippen molar-refractivity contribution in [1.29, 1.82) is 0 Å². The summed E-state index contributed by atoms with van der Waals surface area (Å²) < 4.78 is 1.35. The highest BCUT2D eigenvalue weighted by atomic mass is 16.2. The molecule has 0 radical (unpaired) electrons. The van der Waals surface area contributed by atoms with Gasteiger partial charge in [-0.3, -0.25) is 14.5 Å². The van der Waals surface area contributed by atoms with Gasteiger partial charge in [-0.15, -0.1) is 0 Å². The predicted octanol–water partition coefficient (Wildman–Crippen LogP) is 2.82. The van der Waals surface area contributed by atoms with Crippen LogP contribution in [0.5, 0.6) is 0 Å². The number of carbonyl (C=O) groups is 1. The Labute approximate surface area is 166 Å². The highest BCUT2D eigenvalue weighted by Gasteiger charge is 2.17. The molecule has 1 aromatic heterocycles. The van der Waals surface area contributed by atoms with Crippen LogP contribution in [0, 0.1) is 5.92 Å². The molecule has 0 spiro atoms. The van der Waals surface area contributed by atoms with Gasteiger partial charge in [0.2, 0.25) is 0 Å². The summed E-state index contributed by atoms with van der Waals surface area (Å²) in [5, 5.41) is 7.13. The van der Waals surface area contributed by atoms with E-state index in [2.05, 4.69) is 40.4 Å². The second kappa shape index (κ2) is 9.64. The van der Waals surface area contributed by atoms with Gasteiger partial charge < -0.3 is 5.32 Å². The van der Waals surface area contributed by atoms with Crippen LogP contribution in [-0.2, 0) is 19.6 Å². The zero-order chi connectivity index (χ0) is 19.9. The molecule has 0 atom stereocenters. The molecule has 1 amide bonds. The first-order valence-corrected chi connectivity index (χ1v) is 10.2. The third kappa shape index (κ3) is 5.29. The molecule has 1 N–H and O–H groups in total. The van der Waals surface area contributed by atoms with Gasteiger partial charge in [0.25, 0.3) is 11.5 Å². The number of nitrogens with one attached hydrogen (secondary N) is 1. The van der Waals surface area contributed by atoms with Gasteiger partial charge in [-0.2, -0.15) is 5.10 Å². The first-order valence-electron chi connectivity index (χ1n) is 10.2. The van der Waals surface area contributed by atoms with Crippen LogP contribution in [-0.4, -0.2) is 33.7 Å². The van der Waals surface area contributed by atoms with E-state index >= 15 is 0 Å². The number of aryl methyl sites for hydroxylation is 1. The summed E-state index contributed by atoms with van der Waals surface area (Å²) in [5.74, 6) is 0.556. The summed E-state index contributed by atoms with van der Waals surface area (Å²) in [7, 11) is 0. The van der Waals surface area contributed by atoms with Crippen LogP contribution in [0.4, 0.5) is 0 Å². The maximum Gasteiger partial charge on any atom is 0.271 e. The van der Waals surface area contributed by atoms with Gasteiger partial charge in [0.05, 0.1) is 0 Å². The maximum atomic E-state index is 12.5. The van der Waals surface area contributed by atoms with Crippen molar-refractivity contribution in [3.8, 4) is 0 Å². The van der Waals surface area contributed by atoms with E-state index in [0.717, 1.165) is 37.5 Å². The normalized spacial score (nSPS) is 15.5. The lowest BCUT2D eigenvalue weighted by atomic mass is 9.98. The van der Waals surface area contributed by atoms with Crippen LogP contribution >= 0.6 is 0 Å². The van der Waals surface area contributed by atoms with Crippen LogP contribution < -0.4 is 10.9 Å². The van der Waals surface area contributed by atoms with E-state index in [0.29, 0.717) is 13.1 Å². The maximum absolute atomic E-state index is 12.5. The molecule has 6 nitrogen and oxygen atoms in total. The standard InChI is InChI=1S/C22H30N4O2/c1-3-12-26-21(27)9-8-20(24-26)22(28)23-15-18-6-4-5-7-19(18)16-25-13-10-17(2)11-14-25/h4-9,17H,3,10-16H2,1-2H3,(H,23,28). The van der Waals surface area contributed by atoms with Crippen molar-refractivity contribution < 1.29 is 4.79 Å². The number of benzene rings is 1. The number of likely N-dealkylation sites (tertiary alicyclic amines) is 1. The minimum Gasteiger partial charge on any atom is -0.347 e. The van der Waals surface area contributed by atoms with Gasteiger partial charge in [-0.25, -0.2) is 4.68 Å². The summed E-state index contributed by atoms with van der Waals surface area (Å²) in [6.45, 7) is 8.43. The van der Waals surface area contributed by atoms with Crippen molar-refractivity contribution in [2.75, 3.05) is 13.1 Å². The van der Waals surface area contributed by atoms with Gasteiger partial charge in [0.1, 0.15) is 5.69 Å². The van der Waals surface area contributed by atoms with E-state index in [9.17, 15) is 9.59 Å². The summed E-state index contributed by atoms with van der Waals surface area (Å²) in [5.41, 5.74) is 2.47. The van der Waals surface area contributed by atoms with Gasteiger partial charge in [0.15, 0.2) is 0 Å². The summed E-state index contributed by atoms with van der Waals surface area (Å²) in [6, 6.07) is 11.2. The average Bonchev–Trinajstić information content (AvgIpc) is 2.70. The fraction of sp³-hybridized carbons (Fsp3) is 0.500. The van der Waals surface area contributed by atoms with Crippen molar-refractivity contribution in [3.63, 3.8) is 0 Å². The highest BCUT2D eigenvalue weighted by Crippen LogP contribution is 2.19. The molecule has 1 aromatic carbocycles. The Morgan fingerprint density at radius 1 is 1.14 bits per heavy atom. The Kier molecular flexibility index (Phi) is 6.98. The number of amides is 1. The quantitative estimate of drug-likeness (QED) is 0.800. The van der Waals surface area contributed by atoms with Crippen LogP contribution in [0.15, 0.2) is 41.2 Å². The molecule has 1 fully saturated rings. The van der Waals surface area contributed by atoms with E-state index in [1.807, 2.05) is 13.0 Å². The Bertz CT molecular complexity index is 854. The van der Waals surface area contributed by atoms with Gasteiger partial charge in [-0.05, 0) is 55.5 Å². The number of piperidine rings is 1. The summed E-state index contributed by atoms with van der Waals surface area (Å²) in [4.78, 5) is 26.8. The van der Waals surface area contributed by atoms with Gasteiger partial charge >= 0.3 is 0 Å². The smallest absolute Gasteiger partial charge is 0.271 e. The minimum absolute atomic E-state index is 0.181. The second-order valence-electron chi connectivity index (χ2n) is 7.69. The molecule has 0 saturated carbocycles. The SMILES string of the molecule is CCCn1nc(C(=O)NCc2ccccc2CN2CCC(C)CC2)ccc1=O. The highest BCUT2D eigenvalue weighted by molar-refractivity contribution is 5.91. The Balaban J connectivity index is 1.64. The Hall–Kier alpha value is -2.47. The molecular formula is C22H30N4O2. The van der Waals surface area contributed by atoms with Crippen LogP contribution in [0.25, 0.3) is 0 Å². The van der Waals surface area contributed by atoms with Crippen LogP contribution in [0.3, 0.4) is 0 Å². The van der Waals surface area contributed by atoms with Crippen molar-refractivity contribution in [3.05, 3.63) is 63.6 Å². The molecule has 1 aliphatic heterocycles.